The Balaban J connectivity index is 1.59. The normalized spacial score (nSPS) is 54.0. The Kier molecular flexibility index (Phi) is 1.92. The van der Waals surface area contributed by atoms with Crippen molar-refractivity contribution in [2.45, 2.75) is 38.1 Å². The third-order valence-corrected chi connectivity index (χ3v) is 5.49. The van der Waals surface area contributed by atoms with Gasteiger partial charge in [0.1, 0.15) is 0 Å². The van der Waals surface area contributed by atoms with Crippen molar-refractivity contribution < 1.29 is 0 Å². The molecule has 2 heteroatoms. The molecule has 5 aliphatic rings. The molecular weight excluding hydrogens is 184 g/mol. The Labute approximate surface area is 92.4 Å². The molecule has 5 rings (SSSR count). The second-order valence-corrected chi connectivity index (χ2v) is 6.39. The summed E-state index contributed by atoms with van der Waals surface area (Å²) in [6.07, 6.45) is 7.84. The van der Waals surface area contributed by atoms with Crippen LogP contribution in [0.1, 0.15) is 32.1 Å². The predicted molar refractivity (Wildman–Crippen MR) is 60.4 cm³/mol. The summed E-state index contributed by atoms with van der Waals surface area (Å²) in [5, 5.41) is 3.51. The summed E-state index contributed by atoms with van der Waals surface area (Å²) < 4.78 is 0. The standard InChI is InChI=1S/C13H22N2/c1-2-15(8-14-1)13-11-4-9-3-10(6-11)7-12(13)5-9/h9-14H,1-8H2. The fraction of sp³-hybridized carbons (Fsp3) is 1.00. The first-order valence-electron chi connectivity index (χ1n) is 6.85. The molecule has 0 spiro atoms. The van der Waals surface area contributed by atoms with Crippen LogP contribution in [0.3, 0.4) is 0 Å². The largest absolute Gasteiger partial charge is 0.303 e. The number of hydrogen-bond donors (Lipinski definition) is 1. The highest BCUT2D eigenvalue weighted by Gasteiger charge is 2.50. The minimum atomic E-state index is 0.966. The lowest BCUT2D eigenvalue weighted by atomic mass is 9.54. The van der Waals surface area contributed by atoms with E-state index < -0.39 is 0 Å². The number of nitrogens with one attached hydrogen (secondary N) is 1. The minimum Gasteiger partial charge on any atom is -0.303 e. The zero-order valence-corrected chi connectivity index (χ0v) is 9.49. The van der Waals surface area contributed by atoms with Gasteiger partial charge in [-0.2, -0.15) is 0 Å². The van der Waals surface area contributed by atoms with E-state index in [-0.39, 0.29) is 0 Å². The highest BCUT2D eigenvalue weighted by Crippen LogP contribution is 2.55. The fourth-order valence-corrected chi connectivity index (χ4v) is 5.27. The molecule has 0 atom stereocenters. The summed E-state index contributed by atoms with van der Waals surface area (Å²) >= 11 is 0. The van der Waals surface area contributed by atoms with Gasteiger partial charge in [-0.15, -0.1) is 0 Å². The molecule has 1 saturated heterocycles. The Bertz CT molecular complexity index is 229. The Morgan fingerprint density at radius 1 is 0.867 bits per heavy atom. The highest BCUT2D eigenvalue weighted by atomic mass is 15.3. The van der Waals surface area contributed by atoms with Gasteiger partial charge in [-0.05, 0) is 55.8 Å². The van der Waals surface area contributed by atoms with E-state index in [4.69, 9.17) is 0 Å². The average molecular weight is 206 g/mol. The van der Waals surface area contributed by atoms with Gasteiger partial charge in [-0.1, -0.05) is 0 Å². The molecule has 0 aromatic carbocycles. The Morgan fingerprint density at radius 3 is 2.07 bits per heavy atom. The molecule has 2 nitrogen and oxygen atoms in total. The molecule has 0 aromatic heterocycles. The molecule has 15 heavy (non-hydrogen) atoms. The molecule has 1 heterocycles. The van der Waals surface area contributed by atoms with Crippen LogP contribution in [-0.2, 0) is 0 Å². The zero-order chi connectivity index (χ0) is 9.83. The SMILES string of the molecule is C1CN(C2C3CC4CC(C3)CC2C4)CN1. The van der Waals surface area contributed by atoms with Crippen LogP contribution < -0.4 is 5.32 Å². The highest BCUT2D eigenvalue weighted by molar-refractivity contribution is 5.02. The Morgan fingerprint density at radius 2 is 1.53 bits per heavy atom. The summed E-state index contributed by atoms with van der Waals surface area (Å²) in [7, 11) is 0. The van der Waals surface area contributed by atoms with Crippen LogP contribution in [0, 0.1) is 23.7 Å². The lowest BCUT2D eigenvalue weighted by molar-refractivity contribution is -0.0585. The van der Waals surface area contributed by atoms with Gasteiger partial charge in [0.05, 0.1) is 0 Å². The van der Waals surface area contributed by atoms with Crippen LogP contribution in [0.25, 0.3) is 0 Å². The summed E-state index contributed by atoms with van der Waals surface area (Å²) in [5.74, 6) is 4.39. The van der Waals surface area contributed by atoms with Crippen molar-refractivity contribution in [3.63, 3.8) is 0 Å². The van der Waals surface area contributed by atoms with Gasteiger partial charge >= 0.3 is 0 Å². The molecule has 5 fully saturated rings. The summed E-state index contributed by atoms with van der Waals surface area (Å²) in [6, 6.07) is 0.966. The van der Waals surface area contributed by atoms with E-state index in [1.54, 1.807) is 32.1 Å². The summed E-state index contributed by atoms with van der Waals surface area (Å²) in [5.41, 5.74) is 0. The van der Waals surface area contributed by atoms with Gasteiger partial charge in [0.2, 0.25) is 0 Å². The monoisotopic (exact) mass is 206 g/mol. The van der Waals surface area contributed by atoms with Gasteiger partial charge in [-0.3, -0.25) is 4.90 Å². The van der Waals surface area contributed by atoms with Crippen LogP contribution in [0.5, 0.6) is 0 Å². The van der Waals surface area contributed by atoms with Crippen molar-refractivity contribution in [1.82, 2.24) is 10.2 Å². The second kappa shape index (κ2) is 3.21. The molecular formula is C13H22N2. The quantitative estimate of drug-likeness (QED) is 0.702. The van der Waals surface area contributed by atoms with E-state index >= 15 is 0 Å². The van der Waals surface area contributed by atoms with E-state index in [2.05, 4.69) is 10.2 Å². The number of nitrogens with zero attached hydrogens (tertiary/aromatic N) is 1. The smallest absolute Gasteiger partial charge is 0.0484 e. The third kappa shape index (κ3) is 1.31. The number of hydrogen-bond acceptors (Lipinski definition) is 2. The van der Waals surface area contributed by atoms with Crippen molar-refractivity contribution in [2.24, 2.45) is 23.7 Å². The van der Waals surface area contributed by atoms with E-state index in [0.29, 0.717) is 0 Å². The number of rotatable bonds is 1. The molecule has 4 aliphatic carbocycles. The maximum Gasteiger partial charge on any atom is 0.0484 e. The van der Waals surface area contributed by atoms with Crippen LogP contribution in [0.4, 0.5) is 0 Å². The summed E-state index contributed by atoms with van der Waals surface area (Å²) in [4.78, 5) is 2.76. The lowest BCUT2D eigenvalue weighted by Gasteiger charge is -2.56. The van der Waals surface area contributed by atoms with Crippen molar-refractivity contribution in [1.29, 1.82) is 0 Å². The zero-order valence-electron chi connectivity index (χ0n) is 9.49. The van der Waals surface area contributed by atoms with E-state index in [1.807, 2.05) is 0 Å². The molecule has 0 aromatic rings. The van der Waals surface area contributed by atoms with Crippen molar-refractivity contribution in [2.75, 3.05) is 19.8 Å². The average Bonchev–Trinajstić information content (AvgIpc) is 2.69. The van der Waals surface area contributed by atoms with Gasteiger partial charge in [0.15, 0.2) is 0 Å². The molecule has 0 amide bonds. The molecule has 84 valence electrons. The Hall–Kier alpha value is -0.0800. The fourth-order valence-electron chi connectivity index (χ4n) is 5.27. The van der Waals surface area contributed by atoms with E-state index in [9.17, 15) is 0 Å². The first-order valence-corrected chi connectivity index (χ1v) is 6.85. The van der Waals surface area contributed by atoms with Crippen molar-refractivity contribution in [3.8, 4) is 0 Å². The van der Waals surface area contributed by atoms with Gasteiger partial charge < -0.3 is 5.32 Å². The molecule has 4 bridgehead atoms. The van der Waals surface area contributed by atoms with Crippen LogP contribution in [-0.4, -0.2) is 30.7 Å². The maximum absolute atomic E-state index is 3.51. The van der Waals surface area contributed by atoms with Crippen molar-refractivity contribution in [3.05, 3.63) is 0 Å². The van der Waals surface area contributed by atoms with E-state index in [0.717, 1.165) is 29.7 Å². The molecule has 1 aliphatic heterocycles. The second-order valence-electron chi connectivity index (χ2n) is 6.39. The van der Waals surface area contributed by atoms with Gasteiger partial charge in [-0.25, -0.2) is 0 Å². The third-order valence-electron chi connectivity index (χ3n) is 5.49. The first kappa shape index (κ1) is 9.00. The van der Waals surface area contributed by atoms with E-state index in [1.165, 1.54) is 19.8 Å². The predicted octanol–water partition coefficient (Wildman–Crippen LogP) is 1.67. The molecule has 0 radical (unpaired) electrons. The summed E-state index contributed by atoms with van der Waals surface area (Å²) in [6.45, 7) is 3.71. The van der Waals surface area contributed by atoms with Crippen LogP contribution in [0.2, 0.25) is 0 Å². The van der Waals surface area contributed by atoms with Crippen LogP contribution >= 0.6 is 0 Å². The van der Waals surface area contributed by atoms with Gasteiger partial charge in [0, 0.05) is 25.8 Å². The first-order chi connectivity index (χ1) is 7.40. The van der Waals surface area contributed by atoms with Crippen molar-refractivity contribution >= 4 is 0 Å². The topological polar surface area (TPSA) is 15.3 Å². The maximum atomic E-state index is 3.51. The minimum absolute atomic E-state index is 0.966. The molecule has 0 unspecified atom stereocenters. The van der Waals surface area contributed by atoms with Gasteiger partial charge in [0.25, 0.3) is 0 Å². The molecule has 1 N–H and O–H groups in total. The van der Waals surface area contributed by atoms with Crippen LogP contribution in [0.15, 0.2) is 0 Å². The molecule has 4 saturated carbocycles. The lowest BCUT2D eigenvalue weighted by Crippen LogP contribution is -2.55.